The molecule has 0 aliphatic heterocycles. The third-order valence-electron chi connectivity index (χ3n) is 8.27. The predicted molar refractivity (Wildman–Crippen MR) is 132 cm³/mol. The van der Waals surface area contributed by atoms with E-state index in [0.717, 1.165) is 29.7 Å². The topological polar surface area (TPSA) is 57.1 Å². The molecular formula is C28H41N3O2. The van der Waals surface area contributed by atoms with Crippen LogP contribution in [0.3, 0.4) is 0 Å². The van der Waals surface area contributed by atoms with Gasteiger partial charge >= 0.3 is 0 Å². The van der Waals surface area contributed by atoms with Gasteiger partial charge in [0.05, 0.1) is 19.9 Å². The molecule has 0 N–H and O–H groups in total. The molecule has 2 fully saturated rings. The van der Waals surface area contributed by atoms with Gasteiger partial charge in [-0.25, -0.2) is 9.97 Å². The minimum atomic E-state index is 0.448. The number of methoxy groups -OCH3 is 1. The Morgan fingerprint density at radius 1 is 1.00 bits per heavy atom. The van der Waals surface area contributed by atoms with Gasteiger partial charge in [0.2, 0.25) is 5.88 Å². The number of hydrogen-bond donors (Lipinski definition) is 0. The molecule has 2 heterocycles. The van der Waals surface area contributed by atoms with Gasteiger partial charge in [-0.15, -0.1) is 0 Å². The summed E-state index contributed by atoms with van der Waals surface area (Å²) < 4.78 is 11.5. The number of aromatic nitrogens is 3. The van der Waals surface area contributed by atoms with Crippen molar-refractivity contribution >= 4 is 0 Å². The van der Waals surface area contributed by atoms with Crippen molar-refractivity contribution in [2.75, 3.05) is 13.7 Å². The van der Waals surface area contributed by atoms with Gasteiger partial charge in [-0.05, 0) is 55.1 Å². The third kappa shape index (κ3) is 6.24. The van der Waals surface area contributed by atoms with Crippen LogP contribution in [0.2, 0.25) is 0 Å². The normalized spacial score (nSPS) is 27.9. The fourth-order valence-electron chi connectivity index (χ4n) is 5.35. The average molecular weight is 452 g/mol. The predicted octanol–water partition coefficient (Wildman–Crippen LogP) is 6.94. The molecule has 0 aromatic carbocycles. The molecule has 2 aliphatic carbocycles. The molecule has 0 bridgehead atoms. The number of ether oxygens (including phenoxy) is 2. The molecule has 2 aliphatic rings. The van der Waals surface area contributed by atoms with E-state index in [1.54, 1.807) is 19.6 Å². The van der Waals surface area contributed by atoms with Gasteiger partial charge in [-0.1, -0.05) is 52.9 Å². The van der Waals surface area contributed by atoms with Gasteiger partial charge < -0.3 is 9.47 Å². The highest BCUT2D eigenvalue weighted by Crippen LogP contribution is 2.47. The second kappa shape index (κ2) is 10.8. The van der Waals surface area contributed by atoms with Crippen molar-refractivity contribution in [3.05, 3.63) is 42.1 Å². The molecule has 0 saturated heterocycles. The van der Waals surface area contributed by atoms with Crippen molar-refractivity contribution in [3.8, 4) is 11.6 Å². The Balaban J connectivity index is 1.37. The van der Waals surface area contributed by atoms with Crippen LogP contribution in [0.1, 0.15) is 102 Å². The Kier molecular flexibility index (Phi) is 7.87. The van der Waals surface area contributed by atoms with E-state index < -0.39 is 0 Å². The van der Waals surface area contributed by atoms with Crippen LogP contribution in [0.4, 0.5) is 0 Å². The van der Waals surface area contributed by atoms with Crippen LogP contribution in [-0.4, -0.2) is 28.7 Å². The minimum Gasteiger partial charge on any atom is -0.495 e. The Hall–Kier alpha value is -2.17. The number of pyridine rings is 1. The van der Waals surface area contributed by atoms with Crippen LogP contribution in [0.5, 0.6) is 11.6 Å². The van der Waals surface area contributed by atoms with Crippen LogP contribution in [0.25, 0.3) is 0 Å². The van der Waals surface area contributed by atoms with Crippen molar-refractivity contribution in [2.45, 2.75) is 90.4 Å². The van der Waals surface area contributed by atoms with Gasteiger partial charge in [-0.2, -0.15) is 0 Å². The lowest BCUT2D eigenvalue weighted by atomic mass is 9.74. The van der Waals surface area contributed by atoms with Crippen LogP contribution in [-0.2, 0) is 0 Å². The Morgan fingerprint density at radius 2 is 1.85 bits per heavy atom. The molecule has 2 aromatic rings. The molecule has 180 valence electrons. The summed E-state index contributed by atoms with van der Waals surface area (Å²) in [6.07, 6.45) is 16.8. The van der Waals surface area contributed by atoms with Crippen molar-refractivity contribution in [1.29, 1.82) is 0 Å². The van der Waals surface area contributed by atoms with Crippen molar-refractivity contribution in [3.63, 3.8) is 0 Å². The molecule has 0 radical (unpaired) electrons. The van der Waals surface area contributed by atoms with E-state index in [9.17, 15) is 0 Å². The van der Waals surface area contributed by atoms with E-state index in [2.05, 4.69) is 41.8 Å². The number of rotatable bonds is 6. The summed E-state index contributed by atoms with van der Waals surface area (Å²) in [6.45, 7) is 8.05. The Morgan fingerprint density at radius 3 is 2.64 bits per heavy atom. The van der Waals surface area contributed by atoms with Gasteiger partial charge in [0.25, 0.3) is 0 Å². The second-order valence-corrected chi connectivity index (χ2v) is 10.9. The first-order chi connectivity index (χ1) is 16.0. The number of hydrogen-bond acceptors (Lipinski definition) is 5. The van der Waals surface area contributed by atoms with Crippen molar-refractivity contribution < 1.29 is 9.47 Å². The first-order valence-corrected chi connectivity index (χ1v) is 12.9. The zero-order chi connectivity index (χ0) is 23.3. The van der Waals surface area contributed by atoms with Crippen molar-refractivity contribution in [1.82, 2.24) is 15.0 Å². The summed E-state index contributed by atoms with van der Waals surface area (Å²) in [5, 5.41) is 0. The monoisotopic (exact) mass is 451 g/mol. The van der Waals surface area contributed by atoms with Crippen LogP contribution >= 0.6 is 0 Å². The summed E-state index contributed by atoms with van der Waals surface area (Å²) in [6, 6.07) is 4.06. The molecule has 5 nitrogen and oxygen atoms in total. The Labute approximate surface area is 199 Å². The average Bonchev–Trinajstić information content (AvgIpc) is 3.61. The zero-order valence-electron chi connectivity index (χ0n) is 20.9. The van der Waals surface area contributed by atoms with Gasteiger partial charge in [0.1, 0.15) is 12.1 Å². The zero-order valence-corrected chi connectivity index (χ0v) is 20.9. The molecule has 5 heteroatoms. The Bertz CT molecular complexity index is 883. The minimum absolute atomic E-state index is 0.448. The maximum atomic E-state index is 6.31. The molecule has 4 unspecified atom stereocenters. The summed E-state index contributed by atoms with van der Waals surface area (Å²) in [5.41, 5.74) is 2.79. The lowest BCUT2D eigenvalue weighted by molar-refractivity contribution is 0.191. The molecule has 4 atom stereocenters. The summed E-state index contributed by atoms with van der Waals surface area (Å²) >= 11 is 0. The van der Waals surface area contributed by atoms with E-state index in [4.69, 9.17) is 9.47 Å². The molecule has 2 saturated carbocycles. The van der Waals surface area contributed by atoms with E-state index in [1.807, 2.05) is 12.3 Å². The van der Waals surface area contributed by atoms with Crippen LogP contribution in [0.15, 0.2) is 30.9 Å². The lowest BCUT2D eigenvalue weighted by Crippen LogP contribution is -2.21. The third-order valence-corrected chi connectivity index (χ3v) is 8.27. The maximum absolute atomic E-state index is 6.31. The highest BCUT2D eigenvalue weighted by molar-refractivity contribution is 5.28. The highest BCUT2D eigenvalue weighted by atomic mass is 16.5. The molecular weight excluding hydrogens is 410 g/mol. The quantitative estimate of drug-likeness (QED) is 0.476. The molecule has 2 aromatic heterocycles. The highest BCUT2D eigenvalue weighted by Gasteiger charge is 2.40. The van der Waals surface area contributed by atoms with Crippen molar-refractivity contribution in [2.24, 2.45) is 17.3 Å². The fourth-order valence-corrected chi connectivity index (χ4v) is 5.35. The molecule has 33 heavy (non-hydrogen) atoms. The molecule has 4 rings (SSSR count). The summed E-state index contributed by atoms with van der Waals surface area (Å²) in [7, 11) is 1.67. The number of nitrogens with zero attached hydrogens (tertiary/aromatic N) is 3. The first-order valence-electron chi connectivity index (χ1n) is 12.9. The lowest BCUT2D eigenvalue weighted by Gasteiger charge is -2.32. The second-order valence-electron chi connectivity index (χ2n) is 10.9. The van der Waals surface area contributed by atoms with E-state index in [1.165, 1.54) is 56.9 Å². The standard InChI is InChI=1S/C28H41N3O2/c1-20-9-8-11-21(10-6-5-7-14-28(20,2)3)25-17-29-19-31-27(25)33-18-22-15-24(22)26-13-12-23(32-4)16-30-26/h12-13,16-17,19-22,24H,5-11,14-15,18H2,1-4H3. The largest absolute Gasteiger partial charge is 0.495 e. The maximum Gasteiger partial charge on any atom is 0.219 e. The van der Waals surface area contributed by atoms with Gasteiger partial charge in [0, 0.05) is 29.3 Å². The fraction of sp³-hybridized carbons (Fsp3) is 0.679. The van der Waals surface area contributed by atoms with E-state index in [-0.39, 0.29) is 0 Å². The van der Waals surface area contributed by atoms with E-state index in [0.29, 0.717) is 29.8 Å². The summed E-state index contributed by atoms with van der Waals surface area (Å²) in [4.78, 5) is 13.5. The molecule has 0 spiro atoms. The van der Waals surface area contributed by atoms with E-state index >= 15 is 0 Å². The SMILES string of the molecule is COc1ccc(C2CC2COc2ncncc2C2CCCCCC(C)(C)C(C)CCC2)nc1. The van der Waals surface area contributed by atoms with Gasteiger partial charge in [0.15, 0.2) is 0 Å². The van der Waals surface area contributed by atoms with Gasteiger partial charge in [-0.3, -0.25) is 4.98 Å². The van der Waals surface area contributed by atoms with Crippen LogP contribution < -0.4 is 9.47 Å². The smallest absolute Gasteiger partial charge is 0.219 e. The molecule has 0 amide bonds. The first kappa shape index (κ1) is 24.0. The summed E-state index contributed by atoms with van der Waals surface area (Å²) in [5.74, 6) is 3.83. The van der Waals surface area contributed by atoms with Crippen LogP contribution in [0, 0.1) is 17.3 Å².